The van der Waals surface area contributed by atoms with Gasteiger partial charge < -0.3 is 9.47 Å². The Morgan fingerprint density at radius 1 is 1.16 bits per heavy atom. The van der Waals surface area contributed by atoms with Crippen molar-refractivity contribution >= 4 is 23.4 Å². The maximum absolute atomic E-state index is 15.4. The second kappa shape index (κ2) is 12.7. The normalized spacial score (nSPS) is 15.7. The summed E-state index contributed by atoms with van der Waals surface area (Å²) in [5.74, 6) is -0.563. The Hall–Kier alpha value is -4.68. The number of amides is 1. The minimum atomic E-state index is -0.563. The van der Waals surface area contributed by atoms with Crippen LogP contribution in [0.25, 0.3) is 27.9 Å². The molecule has 1 saturated heterocycles. The van der Waals surface area contributed by atoms with Gasteiger partial charge in [-0.25, -0.2) is 9.18 Å². The number of hydrogen-bond acceptors (Lipinski definition) is 7. The molecule has 0 spiro atoms. The Morgan fingerprint density at radius 3 is 2.70 bits per heavy atom. The van der Waals surface area contributed by atoms with E-state index in [0.717, 1.165) is 42.7 Å². The van der Waals surface area contributed by atoms with E-state index in [2.05, 4.69) is 25.6 Å². The molecule has 1 aliphatic heterocycles. The topological polar surface area (TPSA) is 124 Å². The fraction of sp³-hybridized carbons (Fsp3) is 0.267. The fourth-order valence-electron chi connectivity index (χ4n) is 5.24. The van der Waals surface area contributed by atoms with Crippen LogP contribution in [0.5, 0.6) is 0 Å². The Kier molecular flexibility index (Phi) is 8.38. The lowest BCUT2D eigenvalue weighted by molar-refractivity contribution is -0.659. The van der Waals surface area contributed by atoms with Crippen LogP contribution in [0.1, 0.15) is 37.4 Å². The summed E-state index contributed by atoms with van der Waals surface area (Å²) in [6, 6.07) is 14.1. The van der Waals surface area contributed by atoms with E-state index >= 15 is 4.39 Å². The predicted molar refractivity (Wildman–Crippen MR) is 156 cm³/mol. The number of anilines is 1. The van der Waals surface area contributed by atoms with Gasteiger partial charge in [0.2, 0.25) is 0 Å². The van der Waals surface area contributed by atoms with Gasteiger partial charge in [-0.1, -0.05) is 35.0 Å². The molecule has 0 aliphatic carbocycles. The molecule has 43 heavy (non-hydrogen) atoms. The molecular formula is C30H29ClFN8O3+. The summed E-state index contributed by atoms with van der Waals surface area (Å²) in [4.78, 5) is 16.3. The van der Waals surface area contributed by atoms with Crippen molar-refractivity contribution < 1.29 is 23.3 Å². The monoisotopic (exact) mass is 603 g/mol. The van der Waals surface area contributed by atoms with Gasteiger partial charge in [0.15, 0.2) is 11.0 Å². The first-order valence-electron chi connectivity index (χ1n) is 13.8. The molecule has 0 unspecified atom stereocenters. The molecule has 3 aromatic heterocycles. The van der Waals surface area contributed by atoms with E-state index in [1.807, 2.05) is 35.1 Å². The van der Waals surface area contributed by atoms with Gasteiger partial charge in [0, 0.05) is 42.2 Å². The molecule has 2 aromatic carbocycles. The molecular weight excluding hydrogens is 575 g/mol. The number of hydrogen-bond donors (Lipinski definition) is 2. The number of halogens is 2. The molecule has 1 aliphatic rings. The number of aromatic nitrogens is 7. The van der Waals surface area contributed by atoms with Crippen LogP contribution >= 0.6 is 11.6 Å². The van der Waals surface area contributed by atoms with Crippen molar-refractivity contribution in [1.29, 1.82) is 0 Å². The van der Waals surface area contributed by atoms with Crippen molar-refractivity contribution in [3.05, 3.63) is 90.0 Å². The Morgan fingerprint density at radius 2 is 2.00 bits per heavy atom. The summed E-state index contributed by atoms with van der Waals surface area (Å²) in [6.07, 6.45) is 10.2. The van der Waals surface area contributed by atoms with Crippen LogP contribution in [0, 0.1) is 5.82 Å². The summed E-state index contributed by atoms with van der Waals surface area (Å²) >= 11 is 6.16. The second-order valence-corrected chi connectivity index (χ2v) is 10.6. The predicted octanol–water partition coefficient (Wildman–Crippen LogP) is 5.53. The number of pyridine rings is 1. The third-order valence-electron chi connectivity index (χ3n) is 7.46. The summed E-state index contributed by atoms with van der Waals surface area (Å²) in [5, 5.41) is 17.6. The fourth-order valence-corrected chi connectivity index (χ4v) is 5.40. The van der Waals surface area contributed by atoms with Crippen LogP contribution in [-0.4, -0.2) is 56.2 Å². The highest BCUT2D eigenvalue weighted by Gasteiger charge is 2.25. The van der Waals surface area contributed by atoms with E-state index < -0.39 is 11.9 Å². The third kappa shape index (κ3) is 6.25. The first-order chi connectivity index (χ1) is 21.0. The number of aromatic amines is 1. The van der Waals surface area contributed by atoms with E-state index in [-0.39, 0.29) is 22.7 Å². The Bertz CT molecular complexity index is 1690. The standard InChI is InChI=1S/C30H28ClFN8O3/c1-42-30(41)36-22-8-5-19(6-9-22)21-16-35-39(17-21)27(14-23-4-2-3-13-43-23)25-11-7-20(15-33-25)28-26(40-18-34-37-38-40)12-10-24(31)29(28)32/h5-12,15-18,23,27H,2-4,13-14H2,1H3,(H,36,41)/p+1/t23-,27+/m0/s1. The number of H-pyrrole nitrogens is 1. The Labute approximate surface area is 251 Å². The zero-order valence-corrected chi connectivity index (χ0v) is 24.0. The van der Waals surface area contributed by atoms with Crippen LogP contribution in [-0.2, 0) is 9.47 Å². The molecule has 13 heteroatoms. The number of ether oxygens (including phenoxy) is 2. The van der Waals surface area contributed by atoms with Gasteiger partial charge in [-0.15, -0.1) is 4.68 Å². The van der Waals surface area contributed by atoms with Gasteiger partial charge >= 0.3 is 6.09 Å². The van der Waals surface area contributed by atoms with Crippen LogP contribution in [0.2, 0.25) is 5.02 Å². The van der Waals surface area contributed by atoms with Crippen LogP contribution in [0.15, 0.2) is 73.4 Å². The van der Waals surface area contributed by atoms with Crippen LogP contribution < -0.4 is 10.00 Å². The van der Waals surface area contributed by atoms with Crippen molar-refractivity contribution in [3.8, 4) is 27.9 Å². The quantitative estimate of drug-likeness (QED) is 0.224. The summed E-state index contributed by atoms with van der Waals surface area (Å²) in [6.45, 7) is 0.733. The third-order valence-corrected chi connectivity index (χ3v) is 7.75. The highest BCUT2D eigenvalue weighted by molar-refractivity contribution is 6.31. The maximum Gasteiger partial charge on any atom is 0.411 e. The van der Waals surface area contributed by atoms with E-state index in [4.69, 9.17) is 26.4 Å². The molecule has 0 bridgehead atoms. The van der Waals surface area contributed by atoms with Gasteiger partial charge in [0.1, 0.15) is 10.8 Å². The highest BCUT2D eigenvalue weighted by Crippen LogP contribution is 2.34. The van der Waals surface area contributed by atoms with Crippen LogP contribution in [0.3, 0.4) is 0 Å². The van der Waals surface area contributed by atoms with Gasteiger partial charge in [0.05, 0.1) is 41.7 Å². The molecule has 1 fully saturated rings. The summed E-state index contributed by atoms with van der Waals surface area (Å²) in [7, 11) is 1.32. The zero-order valence-electron chi connectivity index (χ0n) is 23.3. The zero-order chi connectivity index (χ0) is 29.8. The maximum atomic E-state index is 15.4. The molecule has 4 heterocycles. The van der Waals surface area contributed by atoms with Gasteiger partial charge in [-0.3, -0.25) is 15.0 Å². The van der Waals surface area contributed by atoms with E-state index in [1.54, 1.807) is 30.6 Å². The SMILES string of the molecule is COC(=O)Nc1ccc(-c2cnn([C@H](C[C@@H]3CCCCO3)c3ccc(-c4c(-[n+]5cnn[nH]5)ccc(Cl)c4F)cn3)c2)cc1. The Balaban J connectivity index is 1.31. The number of tetrazole rings is 1. The number of nitrogens with one attached hydrogen (secondary N) is 2. The molecule has 5 aromatic rings. The van der Waals surface area contributed by atoms with Gasteiger partial charge in [-0.2, -0.15) is 5.10 Å². The van der Waals surface area contributed by atoms with Crippen molar-refractivity contribution in [2.45, 2.75) is 37.8 Å². The average molecular weight is 604 g/mol. The van der Waals surface area contributed by atoms with Gasteiger partial charge in [-0.05, 0) is 55.2 Å². The lowest BCUT2D eigenvalue weighted by Gasteiger charge is -2.27. The van der Waals surface area contributed by atoms with Crippen molar-refractivity contribution in [2.75, 3.05) is 19.0 Å². The van der Waals surface area contributed by atoms with E-state index in [0.29, 0.717) is 23.4 Å². The first-order valence-corrected chi connectivity index (χ1v) is 14.2. The van der Waals surface area contributed by atoms with Crippen LogP contribution in [0.4, 0.5) is 14.9 Å². The first kappa shape index (κ1) is 28.4. The lowest BCUT2D eigenvalue weighted by Crippen LogP contribution is -2.33. The number of methoxy groups -OCH3 is 1. The highest BCUT2D eigenvalue weighted by atomic mass is 35.5. The molecule has 0 saturated carbocycles. The molecule has 2 N–H and O–H groups in total. The van der Waals surface area contributed by atoms with Crippen molar-refractivity contribution in [1.82, 2.24) is 30.3 Å². The van der Waals surface area contributed by atoms with E-state index in [1.165, 1.54) is 24.2 Å². The second-order valence-electron chi connectivity index (χ2n) is 10.2. The molecule has 0 radical (unpaired) electrons. The molecule has 2 atom stereocenters. The minimum Gasteiger partial charge on any atom is -0.453 e. The number of rotatable bonds is 8. The number of nitrogens with zero attached hydrogens (tertiary/aromatic N) is 6. The molecule has 1 amide bonds. The average Bonchev–Trinajstić information content (AvgIpc) is 3.76. The smallest absolute Gasteiger partial charge is 0.411 e. The minimum absolute atomic E-state index is 0.00130. The lowest BCUT2D eigenvalue weighted by atomic mass is 9.98. The number of carbonyl (C=O) groups is 1. The molecule has 6 rings (SSSR count). The molecule has 220 valence electrons. The van der Waals surface area contributed by atoms with Crippen molar-refractivity contribution in [2.24, 2.45) is 0 Å². The largest absolute Gasteiger partial charge is 0.453 e. The van der Waals surface area contributed by atoms with Gasteiger partial charge in [0.25, 0.3) is 6.33 Å². The number of carbonyl (C=O) groups excluding carboxylic acids is 1. The number of benzene rings is 2. The summed E-state index contributed by atoms with van der Waals surface area (Å²) < 4.78 is 29.5. The summed E-state index contributed by atoms with van der Waals surface area (Å²) in [5.41, 5.74) is 4.57. The molecule has 11 nitrogen and oxygen atoms in total. The van der Waals surface area contributed by atoms with E-state index in [9.17, 15) is 4.79 Å². The van der Waals surface area contributed by atoms with Crippen molar-refractivity contribution in [3.63, 3.8) is 0 Å².